The number of nitrogens with two attached hydrogens (primary N) is 1. The minimum absolute atomic E-state index is 0.0814. The molecule has 1 amide bonds. The number of benzene rings is 1. The van der Waals surface area contributed by atoms with Crippen molar-refractivity contribution >= 4 is 17.5 Å². The molecule has 2 rings (SSSR count). The topological polar surface area (TPSA) is 93.9 Å². The number of ether oxygens (including phenoxy) is 1. The van der Waals surface area contributed by atoms with Gasteiger partial charge in [0.25, 0.3) is 5.91 Å². The van der Waals surface area contributed by atoms with Gasteiger partial charge in [-0.3, -0.25) is 4.79 Å². The molecule has 0 fully saturated rings. The first-order chi connectivity index (χ1) is 9.28. The number of H-pyrrole nitrogens is 1. The van der Waals surface area contributed by atoms with Gasteiger partial charge in [-0.15, -0.1) is 13.2 Å². The van der Waals surface area contributed by atoms with E-state index in [1.807, 2.05) is 0 Å². The largest absolute Gasteiger partial charge is 0.573 e. The number of carbonyl (C=O) groups is 1. The fourth-order valence-electron chi connectivity index (χ4n) is 1.46. The number of carbonyl (C=O) groups excluding carboxylic acids is 1. The van der Waals surface area contributed by atoms with Crippen molar-refractivity contribution in [2.75, 3.05) is 0 Å². The Kier molecular flexibility index (Phi) is 3.53. The number of rotatable bonds is 3. The number of aromatic amines is 1. The van der Waals surface area contributed by atoms with Crippen molar-refractivity contribution in [2.45, 2.75) is 6.36 Å². The normalized spacial score (nSPS) is 11.4. The SMILES string of the molecule is NC(=O)c1n[nH]nc1-c1ccc(OC(F)(F)F)c(Cl)c1. The van der Waals surface area contributed by atoms with Crippen LogP contribution >= 0.6 is 11.6 Å². The number of hydrogen-bond acceptors (Lipinski definition) is 4. The van der Waals surface area contributed by atoms with Crippen molar-refractivity contribution in [3.63, 3.8) is 0 Å². The summed E-state index contributed by atoms with van der Waals surface area (Å²) in [6.45, 7) is 0. The van der Waals surface area contributed by atoms with Crippen LogP contribution in [0.3, 0.4) is 0 Å². The Hall–Kier alpha value is -2.29. The van der Waals surface area contributed by atoms with Gasteiger partial charge < -0.3 is 10.5 Å². The summed E-state index contributed by atoms with van der Waals surface area (Å²) in [4.78, 5) is 11.1. The molecule has 0 aliphatic carbocycles. The van der Waals surface area contributed by atoms with Gasteiger partial charge in [0.15, 0.2) is 5.69 Å². The molecule has 0 aliphatic heterocycles. The second-order valence-corrected chi connectivity index (χ2v) is 3.99. The van der Waals surface area contributed by atoms with Crippen LogP contribution in [0, 0.1) is 0 Å². The number of alkyl halides is 3. The fourth-order valence-corrected chi connectivity index (χ4v) is 1.68. The van der Waals surface area contributed by atoms with Gasteiger partial charge in [0, 0.05) is 5.56 Å². The first-order valence-corrected chi connectivity index (χ1v) is 5.42. The summed E-state index contributed by atoms with van der Waals surface area (Å²) in [5.41, 5.74) is 5.28. The zero-order chi connectivity index (χ0) is 14.9. The molecule has 106 valence electrons. The molecule has 0 spiro atoms. The Labute approximate surface area is 114 Å². The minimum atomic E-state index is -4.85. The predicted molar refractivity (Wildman–Crippen MR) is 62.0 cm³/mol. The smallest absolute Gasteiger partial charge is 0.404 e. The van der Waals surface area contributed by atoms with E-state index >= 15 is 0 Å². The maximum atomic E-state index is 12.1. The first kappa shape index (κ1) is 14.1. The standard InChI is InChI=1S/C10H6ClF3N4O2/c11-5-3-4(1-2-6(5)20-10(12,13)14)7-8(9(15)19)17-18-16-7/h1-3H,(H2,15,19)(H,16,17,18). The molecule has 0 saturated heterocycles. The van der Waals surface area contributed by atoms with Crippen LogP contribution in [0.2, 0.25) is 5.02 Å². The monoisotopic (exact) mass is 306 g/mol. The van der Waals surface area contributed by atoms with Crippen molar-refractivity contribution in [1.29, 1.82) is 0 Å². The molecule has 0 unspecified atom stereocenters. The summed E-state index contributed by atoms with van der Waals surface area (Å²) < 4.78 is 40.0. The summed E-state index contributed by atoms with van der Waals surface area (Å²) in [6, 6.07) is 3.41. The molecular weight excluding hydrogens is 301 g/mol. The zero-order valence-electron chi connectivity index (χ0n) is 9.53. The van der Waals surface area contributed by atoms with Gasteiger partial charge in [-0.25, -0.2) is 0 Å². The number of primary amides is 1. The number of aromatic nitrogens is 3. The summed E-state index contributed by atoms with van der Waals surface area (Å²) in [6.07, 6.45) is -4.85. The molecule has 0 atom stereocenters. The average Bonchev–Trinajstić information content (AvgIpc) is 2.79. The van der Waals surface area contributed by atoms with E-state index in [1.165, 1.54) is 6.07 Å². The van der Waals surface area contributed by atoms with Crippen molar-refractivity contribution < 1.29 is 22.7 Å². The van der Waals surface area contributed by atoms with Crippen LogP contribution in [0.1, 0.15) is 10.5 Å². The third-order valence-electron chi connectivity index (χ3n) is 2.21. The Morgan fingerprint density at radius 1 is 1.35 bits per heavy atom. The van der Waals surface area contributed by atoms with E-state index < -0.39 is 18.0 Å². The number of nitrogens with zero attached hydrogens (tertiary/aromatic N) is 2. The van der Waals surface area contributed by atoms with Crippen LogP contribution in [0.4, 0.5) is 13.2 Å². The highest BCUT2D eigenvalue weighted by atomic mass is 35.5. The number of nitrogens with one attached hydrogen (secondary N) is 1. The van der Waals surface area contributed by atoms with E-state index in [9.17, 15) is 18.0 Å². The maximum absolute atomic E-state index is 12.1. The van der Waals surface area contributed by atoms with E-state index in [1.54, 1.807) is 0 Å². The lowest BCUT2D eigenvalue weighted by atomic mass is 10.1. The van der Waals surface area contributed by atoms with Crippen LogP contribution in [0.25, 0.3) is 11.3 Å². The van der Waals surface area contributed by atoms with Crippen molar-refractivity contribution in [3.05, 3.63) is 28.9 Å². The summed E-state index contributed by atoms with van der Waals surface area (Å²) >= 11 is 5.68. The fraction of sp³-hybridized carbons (Fsp3) is 0.100. The number of hydrogen-bond donors (Lipinski definition) is 2. The molecule has 1 aromatic carbocycles. The lowest BCUT2D eigenvalue weighted by molar-refractivity contribution is -0.274. The molecule has 0 radical (unpaired) electrons. The highest BCUT2D eigenvalue weighted by Crippen LogP contribution is 2.33. The molecule has 1 aromatic heterocycles. The van der Waals surface area contributed by atoms with E-state index in [0.29, 0.717) is 0 Å². The molecule has 2 aromatic rings. The Morgan fingerprint density at radius 3 is 2.60 bits per heavy atom. The highest BCUT2D eigenvalue weighted by Gasteiger charge is 2.32. The highest BCUT2D eigenvalue weighted by molar-refractivity contribution is 6.32. The van der Waals surface area contributed by atoms with E-state index in [-0.39, 0.29) is 22.0 Å². The number of amides is 1. The summed E-state index contributed by atoms with van der Waals surface area (Å²) in [5, 5.41) is 9.14. The van der Waals surface area contributed by atoms with Gasteiger partial charge in [0.2, 0.25) is 0 Å². The molecule has 10 heteroatoms. The average molecular weight is 307 g/mol. The first-order valence-electron chi connectivity index (χ1n) is 5.04. The Balaban J connectivity index is 2.38. The van der Waals surface area contributed by atoms with Crippen LogP contribution < -0.4 is 10.5 Å². The Bertz CT molecular complexity index is 656. The molecule has 0 aliphatic rings. The number of halogens is 4. The van der Waals surface area contributed by atoms with Crippen molar-refractivity contribution in [2.24, 2.45) is 5.73 Å². The van der Waals surface area contributed by atoms with Crippen LogP contribution in [-0.4, -0.2) is 27.7 Å². The predicted octanol–water partition coefficient (Wildman–Crippen LogP) is 2.12. The third-order valence-corrected chi connectivity index (χ3v) is 2.51. The zero-order valence-corrected chi connectivity index (χ0v) is 10.3. The van der Waals surface area contributed by atoms with Gasteiger partial charge in [0.05, 0.1) is 5.02 Å². The van der Waals surface area contributed by atoms with Gasteiger partial charge in [-0.05, 0) is 18.2 Å². The lowest BCUT2D eigenvalue weighted by Gasteiger charge is -2.10. The quantitative estimate of drug-likeness (QED) is 0.908. The molecule has 6 nitrogen and oxygen atoms in total. The van der Waals surface area contributed by atoms with Crippen LogP contribution in [-0.2, 0) is 0 Å². The van der Waals surface area contributed by atoms with E-state index in [0.717, 1.165) is 12.1 Å². The minimum Gasteiger partial charge on any atom is -0.404 e. The van der Waals surface area contributed by atoms with E-state index in [2.05, 4.69) is 20.1 Å². The third kappa shape index (κ3) is 2.99. The van der Waals surface area contributed by atoms with Crippen LogP contribution in [0.5, 0.6) is 5.75 Å². The molecular formula is C10H6ClF3N4O2. The van der Waals surface area contributed by atoms with Gasteiger partial charge in [-0.1, -0.05) is 11.6 Å². The molecule has 3 N–H and O–H groups in total. The second-order valence-electron chi connectivity index (χ2n) is 3.58. The summed E-state index contributed by atoms with van der Waals surface area (Å²) in [7, 11) is 0. The van der Waals surface area contributed by atoms with Crippen molar-refractivity contribution in [3.8, 4) is 17.0 Å². The molecule has 0 bridgehead atoms. The lowest BCUT2D eigenvalue weighted by Crippen LogP contribution is -2.17. The van der Waals surface area contributed by atoms with Gasteiger partial charge in [0.1, 0.15) is 11.4 Å². The molecule has 0 saturated carbocycles. The van der Waals surface area contributed by atoms with Gasteiger partial charge >= 0.3 is 6.36 Å². The second kappa shape index (κ2) is 5.00. The van der Waals surface area contributed by atoms with Gasteiger partial charge in [-0.2, -0.15) is 15.4 Å². The van der Waals surface area contributed by atoms with E-state index in [4.69, 9.17) is 17.3 Å². The maximum Gasteiger partial charge on any atom is 0.573 e. The molecule has 1 heterocycles. The van der Waals surface area contributed by atoms with Crippen LogP contribution in [0.15, 0.2) is 18.2 Å². The molecule has 20 heavy (non-hydrogen) atoms. The Morgan fingerprint density at radius 2 is 2.05 bits per heavy atom. The summed E-state index contributed by atoms with van der Waals surface area (Å²) in [5.74, 6) is -1.40. The van der Waals surface area contributed by atoms with Crippen molar-refractivity contribution in [1.82, 2.24) is 15.4 Å².